The molecule has 0 aliphatic carbocycles. The van der Waals surface area contributed by atoms with E-state index in [9.17, 15) is 57.5 Å². The van der Waals surface area contributed by atoms with E-state index in [1.807, 2.05) is 179 Å². The first kappa shape index (κ1) is 121. The minimum Gasteiger partial charge on any atom is -0.380 e. The quantitative estimate of drug-likeness (QED) is 0.0208. The molecule has 1 atom stereocenters. The van der Waals surface area contributed by atoms with Gasteiger partial charge in [0.05, 0.1) is 68.4 Å². The summed E-state index contributed by atoms with van der Waals surface area (Å²) in [6.07, 6.45) is 21.1. The summed E-state index contributed by atoms with van der Waals surface area (Å²) in [4.78, 5) is 147. The number of nitrogens with one attached hydrogen (secondary N) is 4. The average molecular weight is 1890 g/mol. The zero-order chi connectivity index (χ0) is 102. The number of ether oxygens (including phenoxy) is 3. The summed E-state index contributed by atoms with van der Waals surface area (Å²) < 4.78 is 19.6. The Morgan fingerprint density at radius 2 is 0.903 bits per heavy atom. The van der Waals surface area contributed by atoms with Gasteiger partial charge in [-0.2, -0.15) is 15.4 Å². The highest BCUT2D eigenvalue weighted by Crippen LogP contribution is 2.41. The number of imide groups is 1. The summed E-state index contributed by atoms with van der Waals surface area (Å²) in [5, 5.41) is 36.0. The molecule has 0 spiro atoms. The van der Waals surface area contributed by atoms with Crippen molar-refractivity contribution in [1.82, 2.24) is 66.2 Å². The number of anilines is 1. The number of thioether (sulfide) groups is 1. The Balaban J connectivity index is 0.000000570. The first-order valence-electron chi connectivity index (χ1n) is 48.5. The Hall–Kier alpha value is -8.87. The molecule has 0 radical (unpaired) electrons. The molecule has 1 fully saturated rings. The lowest BCUT2D eigenvalue weighted by Crippen LogP contribution is -2.40. The third-order valence-electron chi connectivity index (χ3n) is 20.7. The number of hydrogen-bond donors (Lipinski definition) is 4. The summed E-state index contributed by atoms with van der Waals surface area (Å²) in [5.74, 6) is 0.786. The first-order valence-corrected chi connectivity index (χ1v) is 49.4. The van der Waals surface area contributed by atoms with Gasteiger partial charge in [0.1, 0.15) is 46.8 Å². The molecule has 2 aliphatic rings. The van der Waals surface area contributed by atoms with Gasteiger partial charge in [-0.15, -0.1) is 22.0 Å². The van der Waals surface area contributed by atoms with E-state index in [-0.39, 0.29) is 143 Å². The molecule has 1 saturated heterocycles. The monoisotopic (exact) mass is 1890 g/mol. The topological polar surface area (TPSA) is 378 Å². The van der Waals surface area contributed by atoms with Crippen LogP contribution in [0.3, 0.4) is 0 Å². The van der Waals surface area contributed by atoms with Crippen LogP contribution in [-0.2, 0) is 104 Å². The van der Waals surface area contributed by atoms with Crippen molar-refractivity contribution in [3.63, 3.8) is 0 Å². The van der Waals surface area contributed by atoms with Gasteiger partial charge in [0, 0.05) is 158 Å². The number of aryl methyl sites for hydroxylation is 2. The van der Waals surface area contributed by atoms with Crippen LogP contribution in [0.15, 0.2) is 60.9 Å². The lowest BCUT2D eigenvalue weighted by Gasteiger charge is -2.28. The zero-order valence-corrected chi connectivity index (χ0v) is 88.4. The van der Waals surface area contributed by atoms with Crippen LogP contribution in [-0.4, -0.2) is 194 Å². The van der Waals surface area contributed by atoms with Crippen molar-refractivity contribution in [2.24, 2.45) is 32.5 Å². The highest BCUT2D eigenvalue weighted by atomic mass is 32.2. The SMILES string of the molecule is CC(C)(C)CC(=O)CCc1cn(CC(=O)C(C)(C)C)nn1.CC(C)(C)CC(=O)CCc1cn(CCOCCC(=O)C(C)(C)C)nn1.CC(C)(C)NC(=O)CCCOCCNC(=O)CCC(=O)N1Cc2ccccc2-c2n[nH]nc2-c2ccccc21.CC(C)(C)NC(=O)CCOCCC(=O)C(C)(C)C.CC(C)(C)SC1CC(=O)N(CCCCCC(=O)C(C)(C)C)C1=O.CCCCCCCC. The maximum absolute atomic E-state index is 13.4. The molecule has 754 valence electrons. The molecule has 7 rings (SSSR count). The van der Waals surface area contributed by atoms with Gasteiger partial charge in [-0.3, -0.25) is 62.4 Å². The summed E-state index contributed by atoms with van der Waals surface area (Å²) in [7, 11) is 0. The first-order chi connectivity index (χ1) is 62.0. The lowest BCUT2D eigenvalue weighted by atomic mass is 9.88. The van der Waals surface area contributed by atoms with E-state index in [0.717, 1.165) is 58.7 Å². The molecule has 3 aromatic heterocycles. The van der Waals surface area contributed by atoms with Crippen molar-refractivity contribution < 1.29 is 71.7 Å². The number of ketones is 6. The molecule has 29 nitrogen and oxygen atoms in total. The van der Waals surface area contributed by atoms with E-state index in [1.54, 1.807) is 32.2 Å². The summed E-state index contributed by atoms with van der Waals surface area (Å²) in [6.45, 7) is 62.1. The smallest absolute Gasteiger partial charge is 0.242 e. The second kappa shape index (κ2) is 58.6. The highest BCUT2D eigenvalue weighted by molar-refractivity contribution is 8.01. The van der Waals surface area contributed by atoms with Crippen molar-refractivity contribution in [3.05, 3.63) is 77.9 Å². The van der Waals surface area contributed by atoms with Crippen LogP contribution < -0.4 is 20.9 Å². The third-order valence-corrected chi connectivity index (χ3v) is 22.0. The minimum atomic E-state index is -0.380. The van der Waals surface area contributed by atoms with E-state index in [1.165, 1.54) is 43.4 Å². The number of rotatable bonds is 44. The lowest BCUT2D eigenvalue weighted by molar-refractivity contribution is -0.138. The van der Waals surface area contributed by atoms with E-state index in [2.05, 4.69) is 128 Å². The van der Waals surface area contributed by atoms with E-state index in [0.29, 0.717) is 155 Å². The number of H-pyrrole nitrogens is 1. The number of amides is 6. The molecule has 0 saturated carbocycles. The molecular formula is C104H172N14O15S. The molecule has 6 amide bonds. The van der Waals surface area contributed by atoms with Crippen LogP contribution in [0.4, 0.5) is 5.69 Å². The number of Topliss-reactive ketones (excluding diaryl/α,β-unsaturated/α-hetero) is 6. The molecule has 5 aromatic rings. The third kappa shape index (κ3) is 54.2. The minimum absolute atomic E-state index is 0.00307. The average Bonchev–Trinajstić information content (AvgIpc) is 1.54. The number of aromatic amines is 1. The van der Waals surface area contributed by atoms with Crippen molar-refractivity contribution in [3.8, 4) is 22.5 Å². The van der Waals surface area contributed by atoms with Crippen LogP contribution in [0.25, 0.3) is 22.5 Å². The van der Waals surface area contributed by atoms with Gasteiger partial charge >= 0.3 is 0 Å². The van der Waals surface area contributed by atoms with E-state index < -0.39 is 0 Å². The Morgan fingerprint density at radius 1 is 0.448 bits per heavy atom. The van der Waals surface area contributed by atoms with E-state index >= 15 is 0 Å². The largest absolute Gasteiger partial charge is 0.380 e. The van der Waals surface area contributed by atoms with Crippen molar-refractivity contribution in [1.29, 1.82) is 0 Å². The number of carbonyl (C=O) groups excluding carboxylic acids is 12. The number of unbranched alkanes of at least 4 members (excludes halogenated alkanes) is 7. The molecule has 134 heavy (non-hydrogen) atoms. The van der Waals surface area contributed by atoms with Crippen LogP contribution >= 0.6 is 11.8 Å². The number of nitrogens with zero attached hydrogens (tertiary/aromatic N) is 10. The van der Waals surface area contributed by atoms with Gasteiger partial charge < -0.3 is 35.1 Å². The number of para-hydroxylation sites is 1. The second-order valence-electron chi connectivity index (χ2n) is 44.5. The van der Waals surface area contributed by atoms with Gasteiger partial charge in [0.15, 0.2) is 5.78 Å². The standard InChI is InChI=1S/C29H36N6O4.C19H33N3O3.C18H31NO3S.C16H27N3O2.C14H27NO3.C8H18/c1-29(2,3)31-25(37)13-8-17-39-18-16-30-24(36)14-15-26(38)35-19-20-9-4-5-10-21(20)27-28(33-34-32-27)22-11-6-7-12-23(22)35;1-18(2,3)13-16(23)8-7-15-14-22(21-20-15)10-12-25-11-9-17(24)19(4,5)6;1-17(2,3)14(20)10-8-7-9-11-19-15(21)12-13(16(19)22)23-18(4,5)6;1-15(2,3)9-13(20)8-7-12-10-19(18-17-12)11-14(21)16(4,5)6;1-13(2,3)11(16)7-9-18-10-8-12(17)15-14(4,5)6;1-3-5-7-8-6-4-2/h4-7,9-12H,8,13-19H2,1-3H3,(H,30,36)(H,31,37)(H,32,33,34);14H,7-13H2,1-6H3;13H,7-12H2,1-6H3;10H,7-9,11H2,1-6H3;7-10H2,1-6H3,(H,15,17);3-8H2,1-2H3. The number of hydrogen-bond acceptors (Lipinski definition) is 22. The van der Waals surface area contributed by atoms with Gasteiger partial charge in [-0.05, 0) is 96.1 Å². The number of likely N-dealkylation sites (tertiary alicyclic amines) is 1. The van der Waals surface area contributed by atoms with Crippen LogP contribution in [0.5, 0.6) is 0 Å². The number of benzene rings is 2. The molecule has 1 unspecified atom stereocenters. The number of aromatic nitrogens is 9. The second-order valence-corrected chi connectivity index (χ2v) is 46.5. The number of fused-ring (bicyclic) bond motifs is 5. The fourth-order valence-electron chi connectivity index (χ4n) is 13.3. The van der Waals surface area contributed by atoms with Crippen LogP contribution in [0.1, 0.15) is 359 Å². The summed E-state index contributed by atoms with van der Waals surface area (Å²) >= 11 is 1.57. The predicted molar refractivity (Wildman–Crippen MR) is 535 cm³/mol. The maximum Gasteiger partial charge on any atom is 0.242 e. The number of carbonyl (C=O) groups is 12. The molecule has 5 heterocycles. The maximum atomic E-state index is 13.4. The zero-order valence-electron chi connectivity index (χ0n) is 87.6. The fourth-order valence-corrected chi connectivity index (χ4v) is 14.6. The fraction of sp³-hybridized carbons (Fsp3) is 0.712. The normalized spacial score (nSPS) is 13.5. The van der Waals surface area contributed by atoms with Crippen LogP contribution in [0, 0.1) is 32.5 Å². The van der Waals surface area contributed by atoms with Crippen molar-refractivity contribution in [2.45, 2.75) is 396 Å². The predicted octanol–water partition coefficient (Wildman–Crippen LogP) is 19.2. The van der Waals surface area contributed by atoms with Gasteiger partial charge in [0.25, 0.3) is 0 Å². The molecule has 30 heteroatoms. The molecule has 0 bridgehead atoms. The van der Waals surface area contributed by atoms with Gasteiger partial charge in [-0.25, -0.2) is 9.36 Å². The van der Waals surface area contributed by atoms with Gasteiger partial charge in [-0.1, -0.05) is 257 Å². The Morgan fingerprint density at radius 3 is 1.41 bits per heavy atom. The van der Waals surface area contributed by atoms with Gasteiger partial charge in [0.2, 0.25) is 35.4 Å². The van der Waals surface area contributed by atoms with Crippen molar-refractivity contribution >= 4 is 87.6 Å². The molecule has 4 N–H and O–H groups in total. The molecular weight excluding hydrogens is 1720 g/mol. The molecule has 2 aromatic carbocycles. The van der Waals surface area contributed by atoms with Crippen molar-refractivity contribution in [2.75, 3.05) is 57.6 Å². The van der Waals surface area contributed by atoms with E-state index in [4.69, 9.17) is 14.2 Å². The Labute approximate surface area is 807 Å². The Kier molecular flexibility index (Phi) is 53.0. The summed E-state index contributed by atoms with van der Waals surface area (Å²) in [6, 6.07) is 15.4. The van der Waals surface area contributed by atoms with Crippen LogP contribution in [0.2, 0.25) is 0 Å². The molecule has 2 aliphatic heterocycles. The highest BCUT2D eigenvalue weighted by Gasteiger charge is 2.41. The summed E-state index contributed by atoms with van der Waals surface area (Å²) in [5.41, 5.74) is 4.74. The Bertz CT molecular complexity index is 4440.